The third-order valence-corrected chi connectivity index (χ3v) is 3.77. The summed E-state index contributed by atoms with van der Waals surface area (Å²) < 4.78 is 6.65. The van der Waals surface area contributed by atoms with E-state index in [1.807, 2.05) is 25.1 Å². The van der Waals surface area contributed by atoms with Crippen molar-refractivity contribution in [1.29, 1.82) is 0 Å². The molecule has 5 heteroatoms. The number of ether oxygens (including phenoxy) is 1. The molecule has 4 nitrogen and oxygen atoms in total. The van der Waals surface area contributed by atoms with Crippen LogP contribution in [-0.4, -0.2) is 25.1 Å². The molecule has 1 aromatic rings. The van der Waals surface area contributed by atoms with Gasteiger partial charge in [-0.1, -0.05) is 22.9 Å². The van der Waals surface area contributed by atoms with Gasteiger partial charge in [0, 0.05) is 17.1 Å². The maximum atomic E-state index is 11.3. The number of hydrogen-bond donors (Lipinski definition) is 2. The topological polar surface area (TPSA) is 64.3 Å². The normalized spacial score (nSPS) is 12.0. The molecule has 0 saturated heterocycles. The molecule has 0 bridgehead atoms. The highest BCUT2D eigenvalue weighted by Gasteiger charge is 2.07. The van der Waals surface area contributed by atoms with Gasteiger partial charge in [0.1, 0.15) is 5.75 Å². The molecule has 0 aliphatic heterocycles. The summed E-state index contributed by atoms with van der Waals surface area (Å²) >= 11 is 3.52. The molecule has 0 aliphatic rings. The predicted octanol–water partition coefficient (Wildman–Crippen LogP) is 2.63. The minimum atomic E-state index is 0.0119. The number of carbonyl (C=O) groups is 1. The van der Waals surface area contributed by atoms with Crippen LogP contribution >= 0.6 is 15.9 Å². The SMILES string of the molecule is CCNC(=O)CCOc1ccc(Br)c(CC(N)CC)c1. The maximum absolute atomic E-state index is 11.3. The monoisotopic (exact) mass is 342 g/mol. The average Bonchev–Trinajstić information content (AvgIpc) is 2.42. The van der Waals surface area contributed by atoms with Crippen LogP contribution in [-0.2, 0) is 11.2 Å². The van der Waals surface area contributed by atoms with Crippen molar-refractivity contribution < 1.29 is 9.53 Å². The lowest BCUT2D eigenvalue weighted by Gasteiger charge is -2.13. The molecule has 0 fully saturated rings. The van der Waals surface area contributed by atoms with Crippen LogP contribution in [0.1, 0.15) is 32.3 Å². The third kappa shape index (κ3) is 5.92. The molecule has 0 spiro atoms. The first-order valence-corrected chi connectivity index (χ1v) is 7.79. The molecule has 1 atom stereocenters. The van der Waals surface area contributed by atoms with Crippen molar-refractivity contribution in [2.24, 2.45) is 5.73 Å². The summed E-state index contributed by atoms with van der Waals surface area (Å²) in [7, 11) is 0. The van der Waals surface area contributed by atoms with E-state index in [0.29, 0.717) is 19.6 Å². The van der Waals surface area contributed by atoms with Crippen molar-refractivity contribution in [3.05, 3.63) is 28.2 Å². The summed E-state index contributed by atoms with van der Waals surface area (Å²) in [6, 6.07) is 5.98. The van der Waals surface area contributed by atoms with E-state index < -0.39 is 0 Å². The Hall–Kier alpha value is -1.07. The van der Waals surface area contributed by atoms with Crippen molar-refractivity contribution in [2.75, 3.05) is 13.2 Å². The Labute approximate surface area is 129 Å². The molecule has 1 unspecified atom stereocenters. The molecule has 0 heterocycles. The van der Waals surface area contributed by atoms with Crippen LogP contribution in [0.4, 0.5) is 0 Å². The first-order valence-electron chi connectivity index (χ1n) is 7.00. The highest BCUT2D eigenvalue weighted by Crippen LogP contribution is 2.24. The van der Waals surface area contributed by atoms with Gasteiger partial charge >= 0.3 is 0 Å². The number of halogens is 1. The van der Waals surface area contributed by atoms with E-state index in [0.717, 1.165) is 28.6 Å². The van der Waals surface area contributed by atoms with Gasteiger partial charge < -0.3 is 15.8 Å². The molecule has 3 N–H and O–H groups in total. The summed E-state index contributed by atoms with van der Waals surface area (Å²) in [6.07, 6.45) is 2.12. The number of hydrogen-bond acceptors (Lipinski definition) is 3. The Kier molecular flexibility index (Phi) is 7.62. The van der Waals surface area contributed by atoms with Crippen LogP contribution in [0.15, 0.2) is 22.7 Å². The van der Waals surface area contributed by atoms with Gasteiger partial charge in [-0.25, -0.2) is 0 Å². The number of amides is 1. The van der Waals surface area contributed by atoms with Gasteiger partial charge in [0.2, 0.25) is 5.91 Å². The lowest BCUT2D eigenvalue weighted by atomic mass is 10.0. The van der Waals surface area contributed by atoms with Crippen LogP contribution < -0.4 is 15.8 Å². The number of rotatable bonds is 8. The molecule has 20 heavy (non-hydrogen) atoms. The van der Waals surface area contributed by atoms with E-state index in [1.54, 1.807) is 0 Å². The Morgan fingerprint density at radius 3 is 2.85 bits per heavy atom. The minimum Gasteiger partial charge on any atom is -0.493 e. The molecule has 112 valence electrons. The van der Waals surface area contributed by atoms with Crippen LogP contribution in [0.25, 0.3) is 0 Å². The van der Waals surface area contributed by atoms with E-state index in [1.165, 1.54) is 0 Å². The molecular weight excluding hydrogens is 320 g/mol. The van der Waals surface area contributed by atoms with Gasteiger partial charge in [0.15, 0.2) is 0 Å². The van der Waals surface area contributed by atoms with Crippen LogP contribution in [0.2, 0.25) is 0 Å². The summed E-state index contributed by atoms with van der Waals surface area (Å²) in [5.41, 5.74) is 7.12. The fourth-order valence-electron chi connectivity index (χ4n) is 1.77. The molecule has 0 aromatic heterocycles. The van der Waals surface area contributed by atoms with Crippen LogP contribution in [0, 0.1) is 0 Å². The highest BCUT2D eigenvalue weighted by atomic mass is 79.9. The van der Waals surface area contributed by atoms with Gasteiger partial charge in [0.05, 0.1) is 13.0 Å². The minimum absolute atomic E-state index is 0.0119. The van der Waals surface area contributed by atoms with Gasteiger partial charge in [-0.2, -0.15) is 0 Å². The number of nitrogens with two attached hydrogens (primary N) is 1. The molecular formula is C15H23BrN2O2. The number of benzene rings is 1. The van der Waals surface area contributed by atoms with E-state index in [2.05, 4.69) is 28.2 Å². The van der Waals surface area contributed by atoms with Gasteiger partial charge in [-0.05, 0) is 43.5 Å². The van der Waals surface area contributed by atoms with Crippen LogP contribution in [0.5, 0.6) is 5.75 Å². The maximum Gasteiger partial charge on any atom is 0.223 e. The first kappa shape index (κ1) is 17.0. The Morgan fingerprint density at radius 2 is 2.20 bits per heavy atom. The lowest BCUT2D eigenvalue weighted by molar-refractivity contribution is -0.121. The van der Waals surface area contributed by atoms with Crippen molar-refractivity contribution >= 4 is 21.8 Å². The summed E-state index contributed by atoms with van der Waals surface area (Å²) in [5.74, 6) is 0.786. The zero-order valence-corrected chi connectivity index (χ0v) is 13.7. The second kappa shape index (κ2) is 8.97. The quantitative estimate of drug-likeness (QED) is 0.763. The molecule has 1 aromatic carbocycles. The summed E-state index contributed by atoms with van der Waals surface area (Å²) in [5, 5.41) is 2.74. The van der Waals surface area contributed by atoms with E-state index in [4.69, 9.17) is 10.5 Å². The molecule has 0 aliphatic carbocycles. The highest BCUT2D eigenvalue weighted by molar-refractivity contribution is 9.10. The summed E-state index contributed by atoms with van der Waals surface area (Å²) in [4.78, 5) is 11.3. The lowest BCUT2D eigenvalue weighted by Crippen LogP contribution is -2.24. The fourth-order valence-corrected chi connectivity index (χ4v) is 2.18. The smallest absolute Gasteiger partial charge is 0.223 e. The number of nitrogens with one attached hydrogen (secondary N) is 1. The molecule has 1 amide bonds. The van der Waals surface area contributed by atoms with Gasteiger partial charge in [-0.15, -0.1) is 0 Å². The zero-order chi connectivity index (χ0) is 15.0. The van der Waals surface area contributed by atoms with Crippen molar-refractivity contribution in [2.45, 2.75) is 39.2 Å². The van der Waals surface area contributed by atoms with Crippen LogP contribution in [0.3, 0.4) is 0 Å². The predicted molar refractivity (Wildman–Crippen MR) is 84.9 cm³/mol. The first-order chi connectivity index (χ1) is 9.56. The average molecular weight is 343 g/mol. The second-order valence-electron chi connectivity index (χ2n) is 4.68. The molecule has 0 radical (unpaired) electrons. The van der Waals surface area contributed by atoms with Crippen molar-refractivity contribution in [3.8, 4) is 5.75 Å². The van der Waals surface area contributed by atoms with Gasteiger partial charge in [-0.3, -0.25) is 4.79 Å². The van der Waals surface area contributed by atoms with Crippen molar-refractivity contribution in [3.63, 3.8) is 0 Å². The largest absolute Gasteiger partial charge is 0.493 e. The number of carbonyl (C=O) groups excluding carboxylic acids is 1. The summed E-state index contributed by atoms with van der Waals surface area (Å²) in [6.45, 7) is 5.00. The standard InChI is InChI=1S/C15H23BrN2O2/c1-3-12(17)9-11-10-13(5-6-14(11)16)20-8-7-15(19)18-4-2/h5-6,10,12H,3-4,7-9,17H2,1-2H3,(H,18,19). The van der Waals surface area contributed by atoms with Gasteiger partial charge in [0.25, 0.3) is 0 Å². The van der Waals surface area contributed by atoms with E-state index in [9.17, 15) is 4.79 Å². The Balaban J connectivity index is 2.54. The van der Waals surface area contributed by atoms with E-state index >= 15 is 0 Å². The zero-order valence-electron chi connectivity index (χ0n) is 12.1. The Morgan fingerprint density at radius 1 is 1.45 bits per heavy atom. The molecule has 0 saturated carbocycles. The second-order valence-corrected chi connectivity index (χ2v) is 5.53. The van der Waals surface area contributed by atoms with E-state index in [-0.39, 0.29) is 11.9 Å². The molecule has 1 rings (SSSR count). The fraction of sp³-hybridized carbons (Fsp3) is 0.533. The van der Waals surface area contributed by atoms with Crippen molar-refractivity contribution in [1.82, 2.24) is 5.32 Å². The Bertz CT molecular complexity index is 438. The third-order valence-electron chi connectivity index (χ3n) is 3.00.